The van der Waals surface area contributed by atoms with Gasteiger partial charge in [0.05, 0.1) is 6.61 Å². The molecule has 0 atom stereocenters. The lowest BCUT2D eigenvalue weighted by Gasteiger charge is -2.02. The maximum absolute atomic E-state index is 13.2. The molecule has 4 nitrogen and oxygen atoms in total. The standard InChI is InChI=1S/C15H14FN3O/c1-20-9-10-2-4-11(5-3-10)14-15(17)19-8-12(16)6-7-13(19)18-14/h2-8H,9,17H2,1H3. The fourth-order valence-corrected chi connectivity index (χ4v) is 2.17. The van der Waals surface area contributed by atoms with Crippen LogP contribution in [-0.4, -0.2) is 16.5 Å². The number of ether oxygens (including phenoxy) is 1. The minimum Gasteiger partial charge on any atom is -0.383 e. The van der Waals surface area contributed by atoms with E-state index in [-0.39, 0.29) is 5.82 Å². The number of hydrogen-bond acceptors (Lipinski definition) is 3. The average Bonchev–Trinajstić information content (AvgIpc) is 2.77. The van der Waals surface area contributed by atoms with Gasteiger partial charge < -0.3 is 10.5 Å². The van der Waals surface area contributed by atoms with Crippen LogP contribution in [0.5, 0.6) is 0 Å². The van der Waals surface area contributed by atoms with E-state index in [1.54, 1.807) is 17.6 Å². The molecule has 0 saturated carbocycles. The van der Waals surface area contributed by atoms with E-state index in [0.29, 0.717) is 23.8 Å². The average molecular weight is 271 g/mol. The van der Waals surface area contributed by atoms with Gasteiger partial charge in [-0.05, 0) is 17.7 Å². The summed E-state index contributed by atoms with van der Waals surface area (Å²) in [6.07, 6.45) is 1.33. The van der Waals surface area contributed by atoms with Gasteiger partial charge in [-0.2, -0.15) is 0 Å². The number of anilines is 1. The minimum atomic E-state index is -0.344. The third-order valence-electron chi connectivity index (χ3n) is 3.16. The molecule has 5 heteroatoms. The molecule has 0 saturated heterocycles. The van der Waals surface area contributed by atoms with Crippen LogP contribution < -0.4 is 5.73 Å². The van der Waals surface area contributed by atoms with Crippen LogP contribution in [0.15, 0.2) is 42.6 Å². The largest absolute Gasteiger partial charge is 0.383 e. The normalized spacial score (nSPS) is 11.1. The van der Waals surface area contributed by atoms with Crippen molar-refractivity contribution in [3.8, 4) is 11.3 Å². The summed E-state index contributed by atoms with van der Waals surface area (Å²) in [6.45, 7) is 0.562. The Hall–Kier alpha value is -2.40. The quantitative estimate of drug-likeness (QED) is 0.797. The van der Waals surface area contributed by atoms with E-state index >= 15 is 0 Å². The van der Waals surface area contributed by atoms with Gasteiger partial charge in [0.2, 0.25) is 0 Å². The summed E-state index contributed by atoms with van der Waals surface area (Å²) in [4.78, 5) is 4.44. The second kappa shape index (κ2) is 4.94. The zero-order chi connectivity index (χ0) is 14.1. The molecule has 2 aromatic heterocycles. The third-order valence-corrected chi connectivity index (χ3v) is 3.16. The van der Waals surface area contributed by atoms with E-state index in [0.717, 1.165) is 11.1 Å². The Morgan fingerprint density at radius 1 is 1.20 bits per heavy atom. The Kier molecular flexibility index (Phi) is 3.12. The number of aromatic nitrogens is 2. The summed E-state index contributed by atoms with van der Waals surface area (Å²) in [5, 5.41) is 0. The van der Waals surface area contributed by atoms with Crippen LogP contribution in [0.2, 0.25) is 0 Å². The fraction of sp³-hybridized carbons (Fsp3) is 0.133. The highest BCUT2D eigenvalue weighted by molar-refractivity contribution is 5.74. The molecule has 102 valence electrons. The summed E-state index contributed by atoms with van der Waals surface area (Å²) < 4.78 is 19.9. The van der Waals surface area contributed by atoms with Crippen LogP contribution in [0.4, 0.5) is 10.2 Å². The number of benzene rings is 1. The highest BCUT2D eigenvalue weighted by atomic mass is 19.1. The lowest BCUT2D eigenvalue weighted by molar-refractivity contribution is 0.185. The van der Waals surface area contributed by atoms with Crippen molar-refractivity contribution in [2.24, 2.45) is 0 Å². The zero-order valence-electron chi connectivity index (χ0n) is 11.0. The molecular weight excluding hydrogens is 257 g/mol. The first-order chi connectivity index (χ1) is 9.69. The van der Waals surface area contributed by atoms with Crippen molar-refractivity contribution in [3.63, 3.8) is 0 Å². The first kappa shape index (κ1) is 12.6. The van der Waals surface area contributed by atoms with Crippen LogP contribution in [0, 0.1) is 5.82 Å². The molecule has 0 unspecified atom stereocenters. The summed E-state index contributed by atoms with van der Waals surface area (Å²) in [5.41, 5.74) is 9.29. The predicted molar refractivity (Wildman–Crippen MR) is 75.7 cm³/mol. The molecule has 20 heavy (non-hydrogen) atoms. The second-order valence-electron chi connectivity index (χ2n) is 4.55. The molecule has 2 heterocycles. The van der Waals surface area contributed by atoms with E-state index in [4.69, 9.17) is 10.5 Å². The third kappa shape index (κ3) is 2.12. The van der Waals surface area contributed by atoms with E-state index in [2.05, 4.69) is 4.98 Å². The summed E-state index contributed by atoms with van der Waals surface area (Å²) >= 11 is 0. The molecule has 1 aromatic carbocycles. The molecule has 0 aliphatic rings. The van der Waals surface area contributed by atoms with Gasteiger partial charge in [0, 0.05) is 18.9 Å². The lowest BCUT2D eigenvalue weighted by Crippen LogP contribution is -1.95. The van der Waals surface area contributed by atoms with Crippen molar-refractivity contribution in [1.29, 1.82) is 0 Å². The lowest BCUT2D eigenvalue weighted by atomic mass is 10.1. The van der Waals surface area contributed by atoms with Crippen molar-refractivity contribution in [2.45, 2.75) is 6.61 Å². The SMILES string of the molecule is COCc1ccc(-c2nc3ccc(F)cn3c2N)cc1. The van der Waals surface area contributed by atoms with Crippen LogP contribution in [-0.2, 0) is 11.3 Å². The van der Waals surface area contributed by atoms with Gasteiger partial charge >= 0.3 is 0 Å². The van der Waals surface area contributed by atoms with Gasteiger partial charge in [-0.3, -0.25) is 4.40 Å². The van der Waals surface area contributed by atoms with Crippen molar-refractivity contribution in [3.05, 3.63) is 54.0 Å². The molecule has 2 N–H and O–H groups in total. The van der Waals surface area contributed by atoms with Crippen molar-refractivity contribution in [2.75, 3.05) is 12.8 Å². The van der Waals surface area contributed by atoms with E-state index in [1.807, 2.05) is 24.3 Å². The van der Waals surface area contributed by atoms with Gasteiger partial charge in [0.1, 0.15) is 23.0 Å². The van der Waals surface area contributed by atoms with E-state index in [1.165, 1.54) is 12.3 Å². The molecule has 0 radical (unpaired) electrons. The van der Waals surface area contributed by atoms with Crippen molar-refractivity contribution >= 4 is 11.5 Å². The van der Waals surface area contributed by atoms with E-state index < -0.39 is 0 Å². The number of methoxy groups -OCH3 is 1. The number of hydrogen-bond donors (Lipinski definition) is 1. The topological polar surface area (TPSA) is 52.5 Å². The molecular formula is C15H14FN3O. The molecule has 0 bridgehead atoms. The van der Waals surface area contributed by atoms with Crippen LogP contribution >= 0.6 is 0 Å². The maximum atomic E-state index is 13.2. The summed E-state index contributed by atoms with van der Waals surface area (Å²) in [7, 11) is 1.66. The van der Waals surface area contributed by atoms with Crippen LogP contribution in [0.1, 0.15) is 5.56 Å². The minimum absolute atomic E-state index is 0.344. The van der Waals surface area contributed by atoms with Crippen molar-refractivity contribution in [1.82, 2.24) is 9.38 Å². The number of imidazole rings is 1. The maximum Gasteiger partial charge on any atom is 0.140 e. The highest BCUT2D eigenvalue weighted by Crippen LogP contribution is 2.26. The predicted octanol–water partition coefficient (Wildman–Crippen LogP) is 2.87. The Morgan fingerprint density at radius 2 is 1.95 bits per heavy atom. The Balaban J connectivity index is 2.07. The van der Waals surface area contributed by atoms with Gasteiger partial charge in [-0.15, -0.1) is 0 Å². The smallest absolute Gasteiger partial charge is 0.140 e. The number of nitrogens with two attached hydrogens (primary N) is 1. The number of pyridine rings is 1. The Labute approximate surface area is 115 Å². The van der Waals surface area contributed by atoms with Crippen LogP contribution in [0.3, 0.4) is 0 Å². The second-order valence-corrected chi connectivity index (χ2v) is 4.55. The fourth-order valence-electron chi connectivity index (χ4n) is 2.17. The Morgan fingerprint density at radius 3 is 2.65 bits per heavy atom. The summed E-state index contributed by atoms with van der Waals surface area (Å²) in [5.74, 6) is 0.0857. The molecule has 0 aliphatic carbocycles. The highest BCUT2D eigenvalue weighted by Gasteiger charge is 2.11. The number of halogens is 1. The molecule has 0 amide bonds. The molecule has 0 spiro atoms. The number of fused-ring (bicyclic) bond motifs is 1. The Bertz CT molecular complexity index is 750. The molecule has 3 aromatic rings. The first-order valence-electron chi connectivity index (χ1n) is 6.20. The number of nitrogens with zero attached hydrogens (tertiary/aromatic N) is 2. The summed E-state index contributed by atoms with van der Waals surface area (Å²) in [6, 6.07) is 10.8. The van der Waals surface area contributed by atoms with Gasteiger partial charge in [-0.25, -0.2) is 9.37 Å². The molecule has 0 aliphatic heterocycles. The number of nitrogen functional groups attached to an aromatic ring is 1. The number of rotatable bonds is 3. The zero-order valence-corrected chi connectivity index (χ0v) is 11.0. The monoisotopic (exact) mass is 271 g/mol. The van der Waals surface area contributed by atoms with Crippen LogP contribution in [0.25, 0.3) is 16.9 Å². The molecule has 0 fully saturated rings. The van der Waals surface area contributed by atoms with Gasteiger partial charge in [0.25, 0.3) is 0 Å². The first-order valence-corrected chi connectivity index (χ1v) is 6.20. The van der Waals surface area contributed by atoms with E-state index in [9.17, 15) is 4.39 Å². The molecule has 3 rings (SSSR count). The van der Waals surface area contributed by atoms with Gasteiger partial charge in [0.15, 0.2) is 0 Å². The van der Waals surface area contributed by atoms with Crippen molar-refractivity contribution < 1.29 is 9.13 Å². The van der Waals surface area contributed by atoms with Gasteiger partial charge in [-0.1, -0.05) is 24.3 Å².